The maximum Gasteiger partial charge on any atom is 0.416 e. The average molecular weight is 643 g/mol. The van der Waals surface area contributed by atoms with Gasteiger partial charge in [-0.05, 0) is 89.9 Å². The number of hydrogen-bond acceptors (Lipinski definition) is 7. The molecule has 0 bridgehead atoms. The lowest BCUT2D eigenvalue weighted by Gasteiger charge is -2.27. The van der Waals surface area contributed by atoms with Gasteiger partial charge in [-0.15, -0.1) is 11.3 Å². The van der Waals surface area contributed by atoms with Gasteiger partial charge in [-0.1, -0.05) is 48.0 Å². The van der Waals surface area contributed by atoms with Gasteiger partial charge in [0.15, 0.2) is 5.13 Å². The van der Waals surface area contributed by atoms with Crippen molar-refractivity contribution in [2.24, 2.45) is 0 Å². The highest BCUT2D eigenvalue weighted by Gasteiger charge is 2.25. The molecular weight excluding hydrogens is 600 g/mol. The molecule has 0 unspecified atom stereocenters. The normalized spacial score (nSPS) is 11.5. The fourth-order valence-corrected chi connectivity index (χ4v) is 5.25. The maximum absolute atomic E-state index is 13.3. The molecule has 0 saturated carbocycles. The van der Waals surface area contributed by atoms with Crippen molar-refractivity contribution in [3.8, 4) is 11.1 Å². The zero-order chi connectivity index (χ0) is 33.6. The first-order valence-electron chi connectivity index (χ1n) is 15.1. The molecule has 1 heterocycles. The minimum absolute atomic E-state index is 0.233. The van der Waals surface area contributed by atoms with E-state index in [4.69, 9.17) is 9.47 Å². The molecule has 0 atom stereocenters. The lowest BCUT2D eigenvalue weighted by atomic mass is 9.98. The molecule has 0 radical (unpaired) electrons. The molecule has 0 aliphatic rings. The first-order chi connectivity index (χ1) is 21.6. The Labute approximate surface area is 275 Å². The number of benzene rings is 3. The number of carbonyl (C=O) groups excluding carboxylic acids is 3. The second-order valence-corrected chi connectivity index (χ2v) is 13.8. The van der Waals surface area contributed by atoms with Gasteiger partial charge >= 0.3 is 12.2 Å². The van der Waals surface area contributed by atoms with Gasteiger partial charge in [0.1, 0.15) is 11.2 Å². The lowest BCUT2D eigenvalue weighted by molar-refractivity contribution is 0.0574. The van der Waals surface area contributed by atoms with Crippen LogP contribution in [-0.4, -0.2) is 47.9 Å². The second kappa shape index (κ2) is 14.2. The molecule has 242 valence electrons. The van der Waals surface area contributed by atoms with E-state index < -0.39 is 23.4 Å². The van der Waals surface area contributed by atoms with Crippen molar-refractivity contribution in [2.75, 3.05) is 28.7 Å². The number of hydrogen-bond donors (Lipinski definition) is 1. The summed E-state index contributed by atoms with van der Waals surface area (Å²) < 4.78 is 11.2. The number of rotatable bonds is 8. The summed E-state index contributed by atoms with van der Waals surface area (Å²) in [5.74, 6) is -0.233. The number of nitrogens with zero attached hydrogens (tertiary/aromatic N) is 3. The SMILES string of the molecule is Cc1ccc(-c2ccccc2C(=O)Nc2ccc(N(CCc3csc(N(C)C(=O)OC(C)(C)C)n3)C(=O)OC(C)(C)C)cc2)cc1. The van der Waals surface area contributed by atoms with Crippen molar-refractivity contribution in [1.29, 1.82) is 0 Å². The van der Waals surface area contributed by atoms with Crippen LogP contribution >= 0.6 is 11.3 Å². The summed E-state index contributed by atoms with van der Waals surface area (Å²) in [6, 6.07) is 22.6. The Kier molecular flexibility index (Phi) is 10.5. The Bertz CT molecular complexity index is 1670. The van der Waals surface area contributed by atoms with Gasteiger partial charge in [0.2, 0.25) is 0 Å². The van der Waals surface area contributed by atoms with Crippen LogP contribution in [-0.2, 0) is 15.9 Å². The molecule has 46 heavy (non-hydrogen) atoms. The number of aryl methyl sites for hydroxylation is 1. The monoisotopic (exact) mass is 642 g/mol. The van der Waals surface area contributed by atoms with Gasteiger partial charge in [0, 0.05) is 42.3 Å². The third kappa shape index (κ3) is 9.40. The third-order valence-electron chi connectivity index (χ3n) is 6.67. The van der Waals surface area contributed by atoms with Crippen LogP contribution in [0.5, 0.6) is 0 Å². The van der Waals surface area contributed by atoms with Crippen molar-refractivity contribution in [3.63, 3.8) is 0 Å². The fraction of sp³-hybridized carbons (Fsp3) is 0.333. The van der Waals surface area contributed by atoms with Crippen LogP contribution in [0.4, 0.5) is 26.1 Å². The number of amides is 3. The number of ether oxygens (including phenoxy) is 2. The van der Waals surface area contributed by atoms with Crippen molar-refractivity contribution < 1.29 is 23.9 Å². The third-order valence-corrected chi connectivity index (χ3v) is 7.64. The summed E-state index contributed by atoms with van der Waals surface area (Å²) in [5, 5.41) is 5.34. The van der Waals surface area contributed by atoms with Crippen LogP contribution in [0.25, 0.3) is 11.1 Å². The number of thiazole rings is 1. The molecule has 0 spiro atoms. The molecule has 3 amide bonds. The predicted molar refractivity (Wildman–Crippen MR) is 185 cm³/mol. The van der Waals surface area contributed by atoms with Gasteiger partial charge in [-0.25, -0.2) is 14.6 Å². The molecule has 0 aliphatic carbocycles. The number of nitrogens with one attached hydrogen (secondary N) is 1. The molecule has 9 nitrogen and oxygen atoms in total. The Hall–Kier alpha value is -4.70. The Morgan fingerprint density at radius 2 is 1.43 bits per heavy atom. The van der Waals surface area contributed by atoms with Crippen LogP contribution in [0.3, 0.4) is 0 Å². The largest absolute Gasteiger partial charge is 0.443 e. The molecule has 0 aliphatic heterocycles. The summed E-state index contributed by atoms with van der Waals surface area (Å²) in [6.07, 6.45) is -0.570. The van der Waals surface area contributed by atoms with E-state index in [2.05, 4.69) is 10.3 Å². The Balaban J connectivity index is 1.49. The maximum atomic E-state index is 13.3. The first kappa shape index (κ1) is 34.2. The van der Waals surface area contributed by atoms with E-state index in [-0.39, 0.29) is 12.5 Å². The lowest BCUT2D eigenvalue weighted by Crippen LogP contribution is -2.38. The number of carbonyl (C=O) groups is 3. The van der Waals surface area contributed by atoms with Gasteiger partial charge < -0.3 is 14.8 Å². The standard InChI is InChI=1S/C36H42N4O5S/c1-24-13-15-25(16-14-24)29-11-9-10-12-30(29)31(41)37-26-17-19-28(20-18-26)40(34(43)45-36(5,6)7)22-21-27-23-46-32(38-27)39(8)33(42)44-35(2,3)4/h9-20,23H,21-22H2,1-8H3,(H,37,41). The minimum atomic E-state index is -0.696. The van der Waals surface area contributed by atoms with E-state index in [0.29, 0.717) is 28.5 Å². The number of anilines is 3. The van der Waals surface area contributed by atoms with E-state index in [1.54, 1.807) is 42.3 Å². The average Bonchev–Trinajstić information content (AvgIpc) is 3.45. The van der Waals surface area contributed by atoms with Crippen LogP contribution in [0, 0.1) is 6.92 Å². The molecule has 0 fully saturated rings. The molecule has 4 rings (SSSR count). The summed E-state index contributed by atoms with van der Waals surface area (Å²) in [4.78, 5) is 46.6. The van der Waals surface area contributed by atoms with Gasteiger partial charge in [0.25, 0.3) is 5.91 Å². The molecule has 3 aromatic carbocycles. The smallest absolute Gasteiger partial charge is 0.416 e. The highest BCUT2D eigenvalue weighted by molar-refractivity contribution is 7.14. The first-order valence-corrected chi connectivity index (χ1v) is 16.0. The Morgan fingerprint density at radius 3 is 2.07 bits per heavy atom. The van der Waals surface area contributed by atoms with E-state index in [1.165, 1.54) is 16.2 Å². The summed E-state index contributed by atoms with van der Waals surface area (Å²) in [7, 11) is 1.62. The van der Waals surface area contributed by atoms with Crippen LogP contribution in [0.15, 0.2) is 78.2 Å². The van der Waals surface area contributed by atoms with Crippen molar-refractivity contribution in [2.45, 2.75) is 66.1 Å². The topological polar surface area (TPSA) is 101 Å². The highest BCUT2D eigenvalue weighted by Crippen LogP contribution is 2.27. The van der Waals surface area contributed by atoms with E-state index in [9.17, 15) is 14.4 Å². The predicted octanol–water partition coefficient (Wildman–Crippen LogP) is 8.73. The van der Waals surface area contributed by atoms with Gasteiger partial charge in [0.05, 0.1) is 5.69 Å². The molecule has 1 N–H and O–H groups in total. The number of aromatic nitrogens is 1. The van der Waals surface area contributed by atoms with Crippen molar-refractivity contribution in [1.82, 2.24) is 4.98 Å². The molecular formula is C36H42N4O5S. The fourth-order valence-electron chi connectivity index (χ4n) is 4.43. The Morgan fingerprint density at radius 1 is 0.826 bits per heavy atom. The summed E-state index contributed by atoms with van der Waals surface area (Å²) in [5.41, 5.74) is 4.11. The zero-order valence-corrected chi connectivity index (χ0v) is 28.5. The van der Waals surface area contributed by atoms with Crippen molar-refractivity contribution >= 4 is 45.9 Å². The minimum Gasteiger partial charge on any atom is -0.443 e. The molecule has 1 aromatic heterocycles. The summed E-state index contributed by atoms with van der Waals surface area (Å²) in [6.45, 7) is 13.2. The molecule has 4 aromatic rings. The highest BCUT2D eigenvalue weighted by atomic mass is 32.1. The van der Waals surface area contributed by atoms with Crippen LogP contribution < -0.4 is 15.1 Å². The van der Waals surface area contributed by atoms with Crippen molar-refractivity contribution in [3.05, 3.63) is 95.0 Å². The second-order valence-electron chi connectivity index (χ2n) is 13.0. The quantitative estimate of drug-likeness (QED) is 0.206. The molecule has 0 saturated heterocycles. The summed E-state index contributed by atoms with van der Waals surface area (Å²) >= 11 is 1.32. The van der Waals surface area contributed by atoms with Crippen LogP contribution in [0.1, 0.15) is 63.2 Å². The van der Waals surface area contributed by atoms with Gasteiger partial charge in [-0.3, -0.25) is 14.6 Å². The zero-order valence-electron chi connectivity index (χ0n) is 27.7. The van der Waals surface area contributed by atoms with Gasteiger partial charge in [-0.2, -0.15) is 0 Å². The van der Waals surface area contributed by atoms with E-state index in [1.807, 2.05) is 96.3 Å². The van der Waals surface area contributed by atoms with E-state index >= 15 is 0 Å². The van der Waals surface area contributed by atoms with E-state index in [0.717, 1.165) is 22.4 Å². The molecule has 10 heteroatoms. The van der Waals surface area contributed by atoms with Crippen LogP contribution in [0.2, 0.25) is 0 Å².